The molecule has 0 unspecified atom stereocenters. The van der Waals surface area contributed by atoms with Gasteiger partial charge in [0.05, 0.1) is 4.90 Å². The van der Waals surface area contributed by atoms with Gasteiger partial charge in [0, 0.05) is 11.6 Å². The van der Waals surface area contributed by atoms with Gasteiger partial charge in [0.2, 0.25) is 0 Å². The van der Waals surface area contributed by atoms with Crippen molar-refractivity contribution < 1.29 is 13.2 Å². The molecule has 1 saturated carbocycles. The quantitative estimate of drug-likeness (QED) is 0.820. The maximum Gasteiger partial charge on any atom is 0.251 e. The predicted molar refractivity (Wildman–Crippen MR) is 69.4 cm³/mol. The standard InChI is InChI=1S/C13H17NO3S/c15-13(14-11-6-2-1-3-7-11)10-5-4-8-12(9-10)18(16)17/h4-5,8-9,11,18H,1-3,6-7H2,(H,14,15). The van der Waals surface area contributed by atoms with Gasteiger partial charge in [-0.1, -0.05) is 25.3 Å². The molecule has 0 aliphatic heterocycles. The van der Waals surface area contributed by atoms with Crippen molar-refractivity contribution in [2.45, 2.75) is 43.0 Å². The Morgan fingerprint density at radius 3 is 2.56 bits per heavy atom. The lowest BCUT2D eigenvalue weighted by Crippen LogP contribution is -2.36. The third kappa shape index (κ3) is 3.32. The second-order valence-corrected chi connectivity index (χ2v) is 5.65. The van der Waals surface area contributed by atoms with E-state index in [0.29, 0.717) is 5.56 Å². The minimum absolute atomic E-state index is 0.180. The number of hydrogen-bond donors (Lipinski definition) is 2. The lowest BCUT2D eigenvalue weighted by atomic mass is 9.95. The average Bonchev–Trinajstić information content (AvgIpc) is 2.40. The van der Waals surface area contributed by atoms with Crippen LogP contribution < -0.4 is 5.32 Å². The number of hydrogen-bond acceptors (Lipinski definition) is 3. The number of nitrogens with one attached hydrogen (secondary N) is 1. The number of carbonyl (C=O) groups is 1. The Morgan fingerprint density at radius 2 is 1.89 bits per heavy atom. The van der Waals surface area contributed by atoms with Crippen LogP contribution >= 0.6 is 0 Å². The molecule has 4 nitrogen and oxygen atoms in total. The van der Waals surface area contributed by atoms with Crippen LogP contribution in [-0.4, -0.2) is 20.4 Å². The Hall–Kier alpha value is -1.36. The maximum atomic E-state index is 12.0. The molecule has 0 aromatic heterocycles. The molecule has 1 aromatic carbocycles. The second kappa shape index (κ2) is 6.00. The van der Waals surface area contributed by atoms with Gasteiger partial charge >= 0.3 is 0 Å². The fourth-order valence-corrected chi connectivity index (χ4v) is 2.73. The normalized spacial score (nSPS) is 16.7. The van der Waals surface area contributed by atoms with E-state index in [-0.39, 0.29) is 16.8 Å². The van der Waals surface area contributed by atoms with Gasteiger partial charge in [-0.3, -0.25) is 4.79 Å². The van der Waals surface area contributed by atoms with Crippen LogP contribution in [0.2, 0.25) is 0 Å². The van der Waals surface area contributed by atoms with Gasteiger partial charge < -0.3 is 5.32 Å². The Morgan fingerprint density at radius 1 is 1.17 bits per heavy atom. The van der Waals surface area contributed by atoms with E-state index in [4.69, 9.17) is 0 Å². The number of thiol groups is 1. The van der Waals surface area contributed by atoms with Crippen LogP contribution in [0, 0.1) is 0 Å². The number of carbonyl (C=O) groups excluding carboxylic acids is 1. The molecule has 1 aromatic rings. The Bertz CT molecular complexity index is 497. The lowest BCUT2D eigenvalue weighted by Gasteiger charge is -2.22. The molecule has 1 fully saturated rings. The molecule has 1 aliphatic carbocycles. The van der Waals surface area contributed by atoms with Crippen molar-refractivity contribution in [2.24, 2.45) is 0 Å². The van der Waals surface area contributed by atoms with Crippen molar-refractivity contribution in [1.82, 2.24) is 5.32 Å². The van der Waals surface area contributed by atoms with E-state index in [1.165, 1.54) is 18.6 Å². The van der Waals surface area contributed by atoms with Crippen LogP contribution in [0.25, 0.3) is 0 Å². The summed E-state index contributed by atoms with van der Waals surface area (Å²) >= 11 is 0. The summed E-state index contributed by atoms with van der Waals surface area (Å²) in [5.41, 5.74) is 0.414. The van der Waals surface area contributed by atoms with Crippen molar-refractivity contribution >= 4 is 16.6 Å². The van der Waals surface area contributed by atoms with E-state index in [1.807, 2.05) is 0 Å². The van der Waals surface area contributed by atoms with E-state index < -0.39 is 10.7 Å². The molecule has 5 heteroatoms. The molecular formula is C13H17NO3S. The minimum atomic E-state index is -2.64. The first-order chi connectivity index (χ1) is 8.66. The van der Waals surface area contributed by atoms with Crippen molar-refractivity contribution in [3.8, 4) is 0 Å². The molecule has 98 valence electrons. The Labute approximate surface area is 108 Å². The topological polar surface area (TPSA) is 63.2 Å². The van der Waals surface area contributed by atoms with Crippen LogP contribution in [0.5, 0.6) is 0 Å². The molecule has 1 N–H and O–H groups in total. The summed E-state index contributed by atoms with van der Waals surface area (Å²) in [7, 11) is -2.64. The highest BCUT2D eigenvalue weighted by Crippen LogP contribution is 2.18. The van der Waals surface area contributed by atoms with E-state index in [0.717, 1.165) is 25.7 Å². The van der Waals surface area contributed by atoms with Gasteiger partial charge in [0.25, 0.3) is 5.91 Å². The molecule has 0 spiro atoms. The van der Waals surface area contributed by atoms with E-state index in [2.05, 4.69) is 5.32 Å². The fourth-order valence-electron chi connectivity index (χ4n) is 2.28. The van der Waals surface area contributed by atoms with Gasteiger partial charge in [-0.2, -0.15) is 0 Å². The van der Waals surface area contributed by atoms with Crippen molar-refractivity contribution in [3.05, 3.63) is 29.8 Å². The van der Waals surface area contributed by atoms with Gasteiger partial charge in [-0.15, -0.1) is 0 Å². The number of benzene rings is 1. The van der Waals surface area contributed by atoms with Crippen LogP contribution in [0.15, 0.2) is 29.2 Å². The van der Waals surface area contributed by atoms with E-state index >= 15 is 0 Å². The van der Waals surface area contributed by atoms with Crippen molar-refractivity contribution in [1.29, 1.82) is 0 Å². The van der Waals surface area contributed by atoms with Gasteiger partial charge in [0.1, 0.15) is 0 Å². The average molecular weight is 267 g/mol. The lowest BCUT2D eigenvalue weighted by molar-refractivity contribution is 0.0927. The molecule has 2 rings (SSSR count). The first kappa shape index (κ1) is 13.1. The fraction of sp³-hybridized carbons (Fsp3) is 0.462. The number of amides is 1. The summed E-state index contributed by atoms with van der Waals surface area (Å²) in [6, 6.07) is 6.37. The molecule has 0 bridgehead atoms. The molecular weight excluding hydrogens is 250 g/mol. The second-order valence-electron chi connectivity index (χ2n) is 4.62. The summed E-state index contributed by atoms with van der Waals surface area (Å²) in [4.78, 5) is 12.2. The third-order valence-electron chi connectivity index (χ3n) is 3.26. The zero-order valence-corrected chi connectivity index (χ0v) is 11.0. The summed E-state index contributed by atoms with van der Waals surface area (Å²) in [6.45, 7) is 0. The molecule has 0 radical (unpaired) electrons. The summed E-state index contributed by atoms with van der Waals surface area (Å²) in [5.74, 6) is -0.180. The van der Waals surface area contributed by atoms with Crippen LogP contribution in [-0.2, 0) is 10.7 Å². The Kier molecular flexibility index (Phi) is 4.36. The smallest absolute Gasteiger partial charge is 0.251 e. The number of rotatable bonds is 3. The van der Waals surface area contributed by atoms with Crippen molar-refractivity contribution in [3.63, 3.8) is 0 Å². The summed E-state index contributed by atoms with van der Waals surface area (Å²) < 4.78 is 21.7. The zero-order chi connectivity index (χ0) is 13.0. The van der Waals surface area contributed by atoms with Gasteiger partial charge in [-0.05, 0) is 31.0 Å². The molecule has 0 atom stereocenters. The van der Waals surface area contributed by atoms with E-state index in [1.54, 1.807) is 12.1 Å². The van der Waals surface area contributed by atoms with Crippen LogP contribution in [0.1, 0.15) is 42.5 Å². The highest BCUT2D eigenvalue weighted by molar-refractivity contribution is 7.72. The summed E-state index contributed by atoms with van der Waals surface area (Å²) in [5, 5.41) is 2.97. The minimum Gasteiger partial charge on any atom is -0.349 e. The molecule has 1 aliphatic rings. The third-order valence-corrected chi connectivity index (χ3v) is 3.96. The largest absolute Gasteiger partial charge is 0.349 e. The molecule has 0 heterocycles. The van der Waals surface area contributed by atoms with Gasteiger partial charge in [-0.25, -0.2) is 8.42 Å². The SMILES string of the molecule is O=C(NC1CCCCC1)c1cccc([SH](=O)=O)c1. The first-order valence-corrected chi connectivity index (χ1v) is 7.40. The van der Waals surface area contributed by atoms with Gasteiger partial charge in [0.15, 0.2) is 10.7 Å². The monoisotopic (exact) mass is 267 g/mol. The summed E-state index contributed by atoms with van der Waals surface area (Å²) in [6.07, 6.45) is 5.57. The zero-order valence-electron chi connectivity index (χ0n) is 10.1. The molecule has 1 amide bonds. The van der Waals surface area contributed by atoms with E-state index in [9.17, 15) is 13.2 Å². The maximum absolute atomic E-state index is 12.0. The van der Waals surface area contributed by atoms with Crippen LogP contribution in [0.3, 0.4) is 0 Å². The predicted octanol–water partition coefficient (Wildman–Crippen LogP) is 1.72. The highest BCUT2D eigenvalue weighted by atomic mass is 32.2. The molecule has 0 saturated heterocycles. The highest BCUT2D eigenvalue weighted by Gasteiger charge is 2.16. The Balaban J connectivity index is 2.06. The van der Waals surface area contributed by atoms with Crippen LogP contribution in [0.4, 0.5) is 0 Å². The van der Waals surface area contributed by atoms with Crippen molar-refractivity contribution in [2.75, 3.05) is 0 Å². The molecule has 18 heavy (non-hydrogen) atoms. The first-order valence-electron chi connectivity index (χ1n) is 6.22.